The van der Waals surface area contributed by atoms with Crippen LogP contribution in [0.15, 0.2) is 0 Å². The van der Waals surface area contributed by atoms with Gasteiger partial charge in [-0.25, -0.2) is 0 Å². The molecule has 0 radical (unpaired) electrons. The van der Waals surface area contributed by atoms with E-state index in [9.17, 15) is 4.79 Å². The van der Waals surface area contributed by atoms with Crippen molar-refractivity contribution >= 4 is 5.97 Å². The highest BCUT2D eigenvalue weighted by Crippen LogP contribution is 2.30. The average molecular weight is 158 g/mol. The van der Waals surface area contributed by atoms with Crippen LogP contribution in [-0.2, 0) is 14.3 Å². The number of hydrogen-bond acceptors (Lipinski definition) is 3. The summed E-state index contributed by atoms with van der Waals surface area (Å²) in [6.45, 7) is 5.69. The molecule has 0 aromatic carbocycles. The summed E-state index contributed by atoms with van der Waals surface area (Å²) in [5.41, 5.74) is 0.0479. The molecule has 0 aromatic heterocycles. The molecule has 1 rings (SSSR count). The molecule has 0 saturated carbocycles. The lowest BCUT2D eigenvalue weighted by Crippen LogP contribution is -2.41. The van der Waals surface area contributed by atoms with Crippen LogP contribution in [0.25, 0.3) is 0 Å². The van der Waals surface area contributed by atoms with E-state index in [-0.39, 0.29) is 11.4 Å². The largest absolute Gasteiger partial charge is 0.466 e. The average Bonchev–Trinajstić information content (AvgIpc) is 1.85. The van der Waals surface area contributed by atoms with E-state index >= 15 is 0 Å². The van der Waals surface area contributed by atoms with E-state index in [1.54, 1.807) is 0 Å². The maximum Gasteiger partial charge on any atom is 0.306 e. The lowest BCUT2D eigenvalue weighted by atomic mass is 9.85. The second kappa shape index (κ2) is 3.22. The van der Waals surface area contributed by atoms with Crippen molar-refractivity contribution in [2.75, 3.05) is 19.8 Å². The van der Waals surface area contributed by atoms with Crippen LogP contribution in [0, 0.1) is 5.41 Å². The number of ether oxygens (including phenoxy) is 2. The van der Waals surface area contributed by atoms with Crippen LogP contribution in [0.3, 0.4) is 0 Å². The number of rotatable bonds is 3. The molecule has 1 fully saturated rings. The molecule has 0 spiro atoms. The summed E-state index contributed by atoms with van der Waals surface area (Å²) in [6.07, 6.45) is 0.487. The fraction of sp³-hybridized carbons (Fsp3) is 0.875. The molecule has 11 heavy (non-hydrogen) atoms. The monoisotopic (exact) mass is 158 g/mol. The molecular weight excluding hydrogens is 144 g/mol. The van der Waals surface area contributed by atoms with Crippen molar-refractivity contribution in [1.82, 2.24) is 0 Å². The quantitative estimate of drug-likeness (QED) is 0.574. The molecule has 1 saturated heterocycles. The van der Waals surface area contributed by atoms with E-state index < -0.39 is 0 Å². The van der Waals surface area contributed by atoms with Crippen molar-refractivity contribution in [2.24, 2.45) is 5.41 Å². The van der Waals surface area contributed by atoms with Crippen molar-refractivity contribution in [2.45, 2.75) is 20.3 Å². The number of hydrogen-bond donors (Lipinski definition) is 0. The van der Waals surface area contributed by atoms with Crippen molar-refractivity contribution in [3.05, 3.63) is 0 Å². The van der Waals surface area contributed by atoms with Crippen LogP contribution >= 0.6 is 0 Å². The van der Waals surface area contributed by atoms with Gasteiger partial charge in [0.15, 0.2) is 0 Å². The maximum absolute atomic E-state index is 11.0. The van der Waals surface area contributed by atoms with Crippen molar-refractivity contribution in [3.63, 3.8) is 0 Å². The summed E-state index contributed by atoms with van der Waals surface area (Å²) in [5, 5.41) is 0. The third-order valence-electron chi connectivity index (χ3n) is 1.78. The Morgan fingerprint density at radius 3 is 2.64 bits per heavy atom. The van der Waals surface area contributed by atoms with Gasteiger partial charge in [0.1, 0.15) is 0 Å². The summed E-state index contributed by atoms with van der Waals surface area (Å²) < 4.78 is 9.83. The van der Waals surface area contributed by atoms with Gasteiger partial charge in [-0.05, 0) is 6.92 Å². The smallest absolute Gasteiger partial charge is 0.306 e. The molecule has 0 amide bonds. The van der Waals surface area contributed by atoms with Gasteiger partial charge >= 0.3 is 5.97 Å². The first-order valence-corrected chi connectivity index (χ1v) is 3.90. The zero-order valence-electron chi connectivity index (χ0n) is 7.05. The van der Waals surface area contributed by atoms with Crippen LogP contribution in [0.1, 0.15) is 20.3 Å². The molecule has 3 nitrogen and oxygen atoms in total. The normalized spacial score (nSPS) is 20.5. The van der Waals surface area contributed by atoms with Gasteiger partial charge < -0.3 is 9.47 Å². The molecule has 1 aliphatic heterocycles. The van der Waals surface area contributed by atoms with Gasteiger partial charge in [-0.1, -0.05) is 6.92 Å². The molecular formula is C8H14O3. The van der Waals surface area contributed by atoms with Crippen molar-refractivity contribution in [1.29, 1.82) is 0 Å². The number of carbonyl (C=O) groups is 1. The molecule has 0 aromatic rings. The fourth-order valence-corrected chi connectivity index (χ4v) is 1.11. The SMILES string of the molecule is CCOC(=O)CC1(C)COC1. The minimum Gasteiger partial charge on any atom is -0.466 e. The van der Waals surface area contributed by atoms with Gasteiger partial charge in [0.2, 0.25) is 0 Å². The zero-order valence-corrected chi connectivity index (χ0v) is 7.05. The van der Waals surface area contributed by atoms with Gasteiger partial charge in [-0.3, -0.25) is 4.79 Å². The Morgan fingerprint density at radius 2 is 2.27 bits per heavy atom. The van der Waals surface area contributed by atoms with Gasteiger partial charge in [0.05, 0.1) is 26.2 Å². The van der Waals surface area contributed by atoms with Gasteiger partial charge in [-0.15, -0.1) is 0 Å². The molecule has 3 heteroatoms. The standard InChI is InChI=1S/C8H14O3/c1-3-11-7(9)4-8(2)5-10-6-8/h3-6H2,1-2H3. The van der Waals surface area contributed by atoms with Crippen LogP contribution in [-0.4, -0.2) is 25.8 Å². The summed E-state index contributed by atoms with van der Waals surface area (Å²) >= 11 is 0. The molecule has 0 aliphatic carbocycles. The Labute approximate surface area is 66.7 Å². The van der Waals surface area contributed by atoms with Crippen molar-refractivity contribution < 1.29 is 14.3 Å². The lowest BCUT2D eigenvalue weighted by Gasteiger charge is -2.36. The maximum atomic E-state index is 11.0. The van der Waals surface area contributed by atoms with E-state index in [2.05, 4.69) is 0 Å². The van der Waals surface area contributed by atoms with E-state index in [4.69, 9.17) is 9.47 Å². The molecule has 0 N–H and O–H groups in total. The summed E-state index contributed by atoms with van der Waals surface area (Å²) in [5.74, 6) is -0.113. The molecule has 1 heterocycles. The molecule has 0 unspecified atom stereocenters. The predicted octanol–water partition coefficient (Wildman–Crippen LogP) is 0.976. The Bertz CT molecular complexity index is 149. The van der Waals surface area contributed by atoms with Crippen LogP contribution in [0.2, 0.25) is 0 Å². The van der Waals surface area contributed by atoms with Crippen molar-refractivity contribution in [3.8, 4) is 0 Å². The Kier molecular flexibility index (Phi) is 2.49. The molecule has 0 bridgehead atoms. The van der Waals surface area contributed by atoms with E-state index in [0.29, 0.717) is 26.2 Å². The fourth-order valence-electron chi connectivity index (χ4n) is 1.11. The highest BCUT2D eigenvalue weighted by atomic mass is 16.5. The van der Waals surface area contributed by atoms with E-state index in [0.717, 1.165) is 0 Å². The topological polar surface area (TPSA) is 35.5 Å². The number of esters is 1. The summed E-state index contributed by atoms with van der Waals surface area (Å²) in [7, 11) is 0. The summed E-state index contributed by atoms with van der Waals surface area (Å²) in [6, 6.07) is 0. The van der Waals surface area contributed by atoms with E-state index in [1.165, 1.54) is 0 Å². The van der Waals surface area contributed by atoms with Gasteiger partial charge in [-0.2, -0.15) is 0 Å². The predicted molar refractivity (Wildman–Crippen MR) is 40.2 cm³/mol. The Hall–Kier alpha value is -0.570. The third-order valence-corrected chi connectivity index (χ3v) is 1.78. The first kappa shape index (κ1) is 8.53. The highest BCUT2D eigenvalue weighted by Gasteiger charge is 2.35. The first-order chi connectivity index (χ1) is 5.16. The second-order valence-corrected chi connectivity index (χ2v) is 3.29. The van der Waals surface area contributed by atoms with E-state index in [1.807, 2.05) is 13.8 Å². The third kappa shape index (κ3) is 2.19. The van der Waals surface area contributed by atoms with Crippen LogP contribution in [0.4, 0.5) is 0 Å². The second-order valence-electron chi connectivity index (χ2n) is 3.29. The van der Waals surface area contributed by atoms with Gasteiger partial charge in [0.25, 0.3) is 0 Å². The minimum absolute atomic E-state index is 0.0479. The molecule has 64 valence electrons. The zero-order chi connectivity index (χ0) is 8.32. The molecule has 0 atom stereocenters. The van der Waals surface area contributed by atoms with Crippen LogP contribution < -0.4 is 0 Å². The molecule has 1 aliphatic rings. The van der Waals surface area contributed by atoms with Gasteiger partial charge in [0, 0.05) is 5.41 Å². The Morgan fingerprint density at radius 1 is 1.64 bits per heavy atom. The first-order valence-electron chi connectivity index (χ1n) is 3.90. The number of carbonyl (C=O) groups excluding carboxylic acids is 1. The minimum atomic E-state index is -0.113. The highest BCUT2D eigenvalue weighted by molar-refractivity contribution is 5.70. The Balaban J connectivity index is 2.23. The summed E-state index contributed by atoms with van der Waals surface area (Å²) in [4.78, 5) is 11.0. The van der Waals surface area contributed by atoms with Crippen LogP contribution in [0.5, 0.6) is 0 Å². The lowest BCUT2D eigenvalue weighted by molar-refractivity contribution is -0.158.